The van der Waals surface area contributed by atoms with Crippen molar-refractivity contribution in [1.82, 2.24) is 13.1 Å². The first-order chi connectivity index (χ1) is 10.3. The van der Waals surface area contributed by atoms with Crippen molar-refractivity contribution in [2.75, 3.05) is 19.7 Å². The van der Waals surface area contributed by atoms with Crippen molar-refractivity contribution in [3.63, 3.8) is 0 Å². The molecule has 6 nitrogen and oxygen atoms in total. The predicted octanol–water partition coefficient (Wildman–Crippen LogP) is 1.64. The van der Waals surface area contributed by atoms with E-state index in [2.05, 4.69) is 13.5 Å². The number of fused-ring (bicyclic) bond motifs is 1. The number of rotatable bonds is 4. The third-order valence-corrected chi connectivity index (χ3v) is 5.57. The van der Waals surface area contributed by atoms with Crippen LogP contribution < -0.4 is 0 Å². The summed E-state index contributed by atoms with van der Waals surface area (Å²) in [5, 5.41) is 0. The molecule has 3 rings (SSSR count). The maximum Gasteiger partial charge on any atom is 0.411 e. The Balaban J connectivity index is 1.72. The number of benzene rings is 1. The smallest absolute Gasteiger partial charge is 0.366 e. The number of ether oxygens (including phenoxy) is 1. The average Bonchev–Trinajstić information content (AvgIpc) is 2.82. The van der Waals surface area contributed by atoms with Crippen molar-refractivity contribution >= 4 is 32.8 Å². The first-order valence-electron chi connectivity index (χ1n) is 6.17. The van der Waals surface area contributed by atoms with Crippen LogP contribution in [0.4, 0.5) is 13.2 Å². The van der Waals surface area contributed by atoms with Crippen molar-refractivity contribution in [2.45, 2.75) is 17.2 Å². The molecular formula is C11H10F3N3O3S2. The fourth-order valence-electron chi connectivity index (χ4n) is 2.04. The minimum Gasteiger partial charge on any atom is -0.366 e. The van der Waals surface area contributed by atoms with Crippen molar-refractivity contribution < 1.29 is 26.3 Å². The first kappa shape index (κ1) is 15.6. The van der Waals surface area contributed by atoms with Crippen molar-refractivity contribution in [3.8, 4) is 0 Å². The Morgan fingerprint density at radius 1 is 1.32 bits per heavy atom. The molecule has 0 bridgehead atoms. The van der Waals surface area contributed by atoms with Gasteiger partial charge in [0, 0.05) is 13.1 Å². The lowest BCUT2D eigenvalue weighted by atomic mass is 10.2. The van der Waals surface area contributed by atoms with Gasteiger partial charge in [0.25, 0.3) is 0 Å². The van der Waals surface area contributed by atoms with Gasteiger partial charge >= 0.3 is 6.18 Å². The van der Waals surface area contributed by atoms with Crippen LogP contribution in [0.2, 0.25) is 0 Å². The van der Waals surface area contributed by atoms with Gasteiger partial charge in [-0.05, 0) is 12.1 Å². The lowest BCUT2D eigenvalue weighted by Gasteiger charge is -2.37. The summed E-state index contributed by atoms with van der Waals surface area (Å²) in [6, 6.07) is 4.60. The van der Waals surface area contributed by atoms with Crippen LogP contribution in [0, 0.1) is 0 Å². The molecule has 1 aliphatic rings. The standard InChI is InChI=1S/C11H10F3N3O3S2/c12-11(13,14)6-20-7-4-17(5-7)22(18,19)9-3-1-2-8-10(9)16-21-15-8/h1-3,7H,4-6H2. The van der Waals surface area contributed by atoms with Gasteiger partial charge in [-0.3, -0.25) is 0 Å². The second kappa shape index (κ2) is 5.41. The Hall–Kier alpha value is -1.30. The lowest BCUT2D eigenvalue weighted by Crippen LogP contribution is -2.55. The number of nitrogens with zero attached hydrogens (tertiary/aromatic N) is 3. The third-order valence-electron chi connectivity index (χ3n) is 3.16. The highest BCUT2D eigenvalue weighted by atomic mass is 32.2. The zero-order chi connectivity index (χ0) is 16.0. The summed E-state index contributed by atoms with van der Waals surface area (Å²) in [5.41, 5.74) is 0.739. The number of hydrogen-bond donors (Lipinski definition) is 0. The van der Waals surface area contributed by atoms with Crippen LogP contribution in [-0.2, 0) is 14.8 Å². The summed E-state index contributed by atoms with van der Waals surface area (Å²) in [6.45, 7) is -1.59. The maximum absolute atomic E-state index is 12.5. The molecule has 1 aromatic carbocycles. The zero-order valence-electron chi connectivity index (χ0n) is 10.9. The topological polar surface area (TPSA) is 72.4 Å². The van der Waals surface area contributed by atoms with E-state index in [1.54, 1.807) is 12.1 Å². The van der Waals surface area contributed by atoms with Crippen molar-refractivity contribution in [2.24, 2.45) is 0 Å². The van der Waals surface area contributed by atoms with Crippen LogP contribution in [0.1, 0.15) is 0 Å². The van der Waals surface area contributed by atoms with Gasteiger partial charge in [-0.25, -0.2) is 8.42 Å². The Morgan fingerprint density at radius 3 is 2.73 bits per heavy atom. The first-order valence-corrected chi connectivity index (χ1v) is 8.34. The molecule has 22 heavy (non-hydrogen) atoms. The summed E-state index contributed by atoms with van der Waals surface area (Å²) in [5.74, 6) is 0. The summed E-state index contributed by atoms with van der Waals surface area (Å²) in [4.78, 5) is 0.00743. The fraction of sp³-hybridized carbons (Fsp3) is 0.455. The molecule has 0 unspecified atom stereocenters. The molecule has 0 atom stereocenters. The Morgan fingerprint density at radius 2 is 2.05 bits per heavy atom. The number of alkyl halides is 3. The summed E-state index contributed by atoms with van der Waals surface area (Å²) < 4.78 is 74.7. The maximum atomic E-state index is 12.5. The molecule has 0 spiro atoms. The number of hydrogen-bond acceptors (Lipinski definition) is 6. The molecule has 2 heterocycles. The minimum absolute atomic E-state index is 0.00743. The van der Waals surface area contributed by atoms with E-state index in [9.17, 15) is 21.6 Å². The molecule has 120 valence electrons. The van der Waals surface area contributed by atoms with E-state index < -0.39 is 28.9 Å². The van der Waals surface area contributed by atoms with E-state index in [0.717, 1.165) is 16.0 Å². The van der Waals surface area contributed by atoms with Crippen molar-refractivity contribution in [1.29, 1.82) is 0 Å². The van der Waals surface area contributed by atoms with Crippen LogP contribution in [0.15, 0.2) is 23.1 Å². The molecule has 0 amide bonds. The molecule has 0 aliphatic carbocycles. The molecule has 0 radical (unpaired) electrons. The van der Waals surface area contributed by atoms with Gasteiger partial charge in [-0.1, -0.05) is 6.07 Å². The summed E-state index contributed by atoms with van der Waals surface area (Å²) >= 11 is 0.899. The van der Waals surface area contributed by atoms with Crippen LogP contribution >= 0.6 is 11.7 Å². The second-order valence-electron chi connectivity index (χ2n) is 4.76. The highest BCUT2D eigenvalue weighted by molar-refractivity contribution is 7.89. The fourth-order valence-corrected chi connectivity index (χ4v) is 4.30. The molecular weight excluding hydrogens is 343 g/mol. The van der Waals surface area contributed by atoms with E-state index in [0.29, 0.717) is 5.52 Å². The van der Waals surface area contributed by atoms with Gasteiger partial charge in [-0.15, -0.1) is 0 Å². The Bertz CT molecular complexity index is 784. The Kier molecular flexibility index (Phi) is 3.83. The van der Waals surface area contributed by atoms with E-state index in [4.69, 9.17) is 0 Å². The molecule has 1 aliphatic heterocycles. The molecule has 0 N–H and O–H groups in total. The average molecular weight is 353 g/mol. The predicted molar refractivity (Wildman–Crippen MR) is 72.0 cm³/mol. The van der Waals surface area contributed by atoms with Crippen LogP contribution in [0.3, 0.4) is 0 Å². The molecule has 1 saturated heterocycles. The summed E-state index contributed by atoms with van der Waals surface area (Å²) in [7, 11) is -3.81. The normalized spacial score (nSPS) is 17.8. The highest BCUT2D eigenvalue weighted by Crippen LogP contribution is 2.28. The molecule has 1 aromatic heterocycles. The van der Waals surface area contributed by atoms with Gasteiger partial charge in [0.15, 0.2) is 0 Å². The van der Waals surface area contributed by atoms with E-state index in [1.165, 1.54) is 6.07 Å². The monoisotopic (exact) mass is 353 g/mol. The largest absolute Gasteiger partial charge is 0.411 e. The third kappa shape index (κ3) is 2.93. The van der Waals surface area contributed by atoms with Gasteiger partial charge in [0.05, 0.1) is 17.8 Å². The molecule has 2 aromatic rings. The van der Waals surface area contributed by atoms with Crippen LogP contribution in [-0.4, -0.2) is 53.4 Å². The zero-order valence-corrected chi connectivity index (χ0v) is 12.6. The van der Waals surface area contributed by atoms with Gasteiger partial charge in [-0.2, -0.15) is 26.2 Å². The number of aromatic nitrogens is 2. The molecule has 1 fully saturated rings. The lowest BCUT2D eigenvalue weighted by molar-refractivity contribution is -0.194. The number of sulfonamides is 1. The SMILES string of the molecule is O=S(=O)(c1cccc2nsnc12)N1CC(OCC(F)(F)F)C1. The Labute approximate surface area is 127 Å². The van der Waals surface area contributed by atoms with Gasteiger partial charge < -0.3 is 4.74 Å². The van der Waals surface area contributed by atoms with Crippen LogP contribution in [0.25, 0.3) is 11.0 Å². The number of halogens is 3. The minimum atomic E-state index is -4.42. The molecule has 11 heteroatoms. The van der Waals surface area contributed by atoms with Gasteiger partial charge in [0.2, 0.25) is 10.0 Å². The van der Waals surface area contributed by atoms with E-state index in [1.807, 2.05) is 0 Å². The van der Waals surface area contributed by atoms with Crippen LogP contribution in [0.5, 0.6) is 0 Å². The summed E-state index contributed by atoms with van der Waals surface area (Å²) in [6.07, 6.45) is -5.17. The molecule has 0 saturated carbocycles. The van der Waals surface area contributed by atoms with Gasteiger partial charge in [0.1, 0.15) is 22.5 Å². The van der Waals surface area contributed by atoms with Crippen molar-refractivity contribution in [3.05, 3.63) is 18.2 Å². The second-order valence-corrected chi connectivity index (χ2v) is 7.19. The van der Waals surface area contributed by atoms with E-state index in [-0.39, 0.29) is 23.5 Å². The van der Waals surface area contributed by atoms with E-state index >= 15 is 0 Å². The quantitative estimate of drug-likeness (QED) is 0.836. The highest BCUT2D eigenvalue weighted by Gasteiger charge is 2.40.